The molecule has 1 aromatic carbocycles. The quantitative estimate of drug-likeness (QED) is 0.751. The highest BCUT2D eigenvalue weighted by atomic mass is 15.1. The number of likely N-dealkylation sites (tertiary alicyclic amines) is 1. The van der Waals surface area contributed by atoms with Crippen LogP contribution in [0.5, 0.6) is 0 Å². The summed E-state index contributed by atoms with van der Waals surface area (Å²) in [6.07, 6.45) is 11.0. The SMILES string of the molecule is CCCc1ccc(/C=C/N2CCCCC2)cc1. The summed E-state index contributed by atoms with van der Waals surface area (Å²) in [5, 5.41) is 0. The first-order valence-electron chi connectivity index (χ1n) is 6.89. The number of piperidine rings is 1. The second-order valence-electron chi connectivity index (χ2n) is 4.90. The fourth-order valence-electron chi connectivity index (χ4n) is 2.34. The molecule has 1 heterocycles. The molecule has 1 saturated heterocycles. The molecule has 1 heteroatoms. The third-order valence-electron chi connectivity index (χ3n) is 3.39. The van der Waals surface area contributed by atoms with E-state index < -0.39 is 0 Å². The van der Waals surface area contributed by atoms with Crippen LogP contribution in [0.15, 0.2) is 30.5 Å². The molecule has 1 aromatic rings. The normalized spacial score (nSPS) is 16.6. The summed E-state index contributed by atoms with van der Waals surface area (Å²) < 4.78 is 0. The molecule has 0 saturated carbocycles. The van der Waals surface area contributed by atoms with Gasteiger partial charge in [-0.3, -0.25) is 0 Å². The van der Waals surface area contributed by atoms with Crippen LogP contribution in [0.1, 0.15) is 43.7 Å². The Kier molecular flexibility index (Phi) is 4.66. The predicted octanol–water partition coefficient (Wildman–Crippen LogP) is 4.10. The van der Waals surface area contributed by atoms with Gasteiger partial charge in [0.2, 0.25) is 0 Å². The van der Waals surface area contributed by atoms with Gasteiger partial charge in [0.1, 0.15) is 0 Å². The maximum absolute atomic E-state index is 2.43. The molecule has 1 nitrogen and oxygen atoms in total. The lowest BCUT2D eigenvalue weighted by Gasteiger charge is -2.24. The largest absolute Gasteiger partial charge is 0.377 e. The Bertz CT molecular complexity index is 344. The average Bonchev–Trinajstić information content (AvgIpc) is 2.40. The molecule has 0 amide bonds. The molecule has 1 aliphatic rings. The smallest absolute Gasteiger partial charge is 0.0172 e. The fraction of sp³-hybridized carbons (Fsp3) is 0.500. The third-order valence-corrected chi connectivity index (χ3v) is 3.39. The van der Waals surface area contributed by atoms with Crippen molar-refractivity contribution in [2.75, 3.05) is 13.1 Å². The summed E-state index contributed by atoms with van der Waals surface area (Å²) in [7, 11) is 0. The molecule has 1 fully saturated rings. The summed E-state index contributed by atoms with van der Waals surface area (Å²) in [6, 6.07) is 8.95. The Morgan fingerprint density at radius 1 is 1.06 bits per heavy atom. The Labute approximate surface area is 105 Å². The second-order valence-corrected chi connectivity index (χ2v) is 4.90. The van der Waals surface area contributed by atoms with Crippen LogP contribution in [-0.2, 0) is 6.42 Å². The molecule has 2 rings (SSSR count). The van der Waals surface area contributed by atoms with Crippen molar-refractivity contribution in [3.63, 3.8) is 0 Å². The summed E-state index contributed by atoms with van der Waals surface area (Å²) in [5.74, 6) is 0. The van der Waals surface area contributed by atoms with E-state index in [0.29, 0.717) is 0 Å². The van der Waals surface area contributed by atoms with Gasteiger partial charge in [-0.25, -0.2) is 0 Å². The van der Waals surface area contributed by atoms with Crippen molar-refractivity contribution in [2.45, 2.75) is 39.0 Å². The molecular weight excluding hydrogens is 206 g/mol. The van der Waals surface area contributed by atoms with Crippen LogP contribution in [0, 0.1) is 0 Å². The van der Waals surface area contributed by atoms with Crippen molar-refractivity contribution in [3.05, 3.63) is 41.6 Å². The van der Waals surface area contributed by atoms with Crippen LogP contribution in [0.3, 0.4) is 0 Å². The van der Waals surface area contributed by atoms with Crippen molar-refractivity contribution in [1.82, 2.24) is 4.90 Å². The molecular formula is C16H23N. The lowest BCUT2D eigenvalue weighted by atomic mass is 10.1. The Hall–Kier alpha value is -1.24. The zero-order valence-electron chi connectivity index (χ0n) is 10.9. The lowest BCUT2D eigenvalue weighted by molar-refractivity contribution is 0.311. The first kappa shape index (κ1) is 12.2. The van der Waals surface area contributed by atoms with Gasteiger partial charge in [0.05, 0.1) is 0 Å². The molecule has 92 valence electrons. The van der Waals surface area contributed by atoms with E-state index in [0.717, 1.165) is 0 Å². The summed E-state index contributed by atoms with van der Waals surface area (Å²) in [4.78, 5) is 2.43. The van der Waals surface area contributed by atoms with Crippen LogP contribution in [0.4, 0.5) is 0 Å². The van der Waals surface area contributed by atoms with Gasteiger partial charge in [-0.15, -0.1) is 0 Å². The number of rotatable bonds is 4. The highest BCUT2D eigenvalue weighted by Crippen LogP contribution is 2.12. The van der Waals surface area contributed by atoms with E-state index in [9.17, 15) is 0 Å². The van der Waals surface area contributed by atoms with E-state index in [4.69, 9.17) is 0 Å². The summed E-state index contributed by atoms with van der Waals surface area (Å²) >= 11 is 0. The van der Waals surface area contributed by atoms with Gasteiger partial charge in [-0.05, 0) is 49.1 Å². The topological polar surface area (TPSA) is 3.24 Å². The standard InChI is InChI=1S/C16H23N/c1-2-6-15-7-9-16(10-8-15)11-14-17-12-4-3-5-13-17/h7-11,14H,2-6,12-13H2,1H3/b14-11+. The van der Waals surface area contributed by atoms with E-state index in [1.807, 2.05) is 0 Å². The molecule has 0 spiro atoms. The second kappa shape index (κ2) is 6.48. The summed E-state index contributed by atoms with van der Waals surface area (Å²) in [6.45, 7) is 4.68. The molecule has 1 aliphatic heterocycles. The monoisotopic (exact) mass is 229 g/mol. The van der Waals surface area contributed by atoms with Crippen molar-refractivity contribution >= 4 is 6.08 Å². The van der Waals surface area contributed by atoms with Gasteiger partial charge in [0, 0.05) is 13.1 Å². The molecule has 0 bridgehead atoms. The van der Waals surface area contributed by atoms with Crippen molar-refractivity contribution in [1.29, 1.82) is 0 Å². The van der Waals surface area contributed by atoms with Gasteiger partial charge >= 0.3 is 0 Å². The van der Waals surface area contributed by atoms with E-state index in [2.05, 4.69) is 48.4 Å². The van der Waals surface area contributed by atoms with E-state index >= 15 is 0 Å². The van der Waals surface area contributed by atoms with Crippen LogP contribution in [0.2, 0.25) is 0 Å². The van der Waals surface area contributed by atoms with E-state index in [-0.39, 0.29) is 0 Å². The molecule has 0 aliphatic carbocycles. The van der Waals surface area contributed by atoms with Crippen LogP contribution < -0.4 is 0 Å². The number of benzene rings is 1. The van der Waals surface area contributed by atoms with E-state index in [1.54, 1.807) is 0 Å². The Morgan fingerprint density at radius 3 is 2.41 bits per heavy atom. The van der Waals surface area contributed by atoms with Gasteiger partial charge < -0.3 is 4.90 Å². The minimum atomic E-state index is 1.19. The van der Waals surface area contributed by atoms with Crippen LogP contribution in [-0.4, -0.2) is 18.0 Å². The fourth-order valence-corrected chi connectivity index (χ4v) is 2.34. The van der Waals surface area contributed by atoms with Crippen molar-refractivity contribution < 1.29 is 0 Å². The van der Waals surface area contributed by atoms with Gasteiger partial charge in [-0.1, -0.05) is 37.6 Å². The molecule has 0 unspecified atom stereocenters. The van der Waals surface area contributed by atoms with Gasteiger partial charge in [-0.2, -0.15) is 0 Å². The first-order chi connectivity index (χ1) is 8.38. The molecule has 0 aromatic heterocycles. The molecule has 17 heavy (non-hydrogen) atoms. The van der Waals surface area contributed by atoms with Gasteiger partial charge in [0.15, 0.2) is 0 Å². The summed E-state index contributed by atoms with van der Waals surface area (Å²) in [5.41, 5.74) is 2.76. The predicted molar refractivity (Wildman–Crippen MR) is 74.9 cm³/mol. The van der Waals surface area contributed by atoms with Crippen LogP contribution >= 0.6 is 0 Å². The minimum Gasteiger partial charge on any atom is -0.377 e. The number of hydrogen-bond acceptors (Lipinski definition) is 1. The maximum Gasteiger partial charge on any atom is 0.0172 e. The first-order valence-corrected chi connectivity index (χ1v) is 6.89. The zero-order valence-corrected chi connectivity index (χ0v) is 10.9. The zero-order chi connectivity index (χ0) is 11.9. The Balaban J connectivity index is 1.91. The number of aryl methyl sites for hydroxylation is 1. The highest BCUT2D eigenvalue weighted by molar-refractivity contribution is 5.49. The maximum atomic E-state index is 2.43. The number of hydrogen-bond donors (Lipinski definition) is 0. The molecule has 0 radical (unpaired) electrons. The van der Waals surface area contributed by atoms with Gasteiger partial charge in [0.25, 0.3) is 0 Å². The lowest BCUT2D eigenvalue weighted by Crippen LogP contribution is -2.23. The van der Waals surface area contributed by atoms with Crippen molar-refractivity contribution in [3.8, 4) is 0 Å². The number of nitrogens with zero attached hydrogens (tertiary/aromatic N) is 1. The molecule has 0 atom stereocenters. The van der Waals surface area contributed by atoms with Crippen LogP contribution in [0.25, 0.3) is 6.08 Å². The highest BCUT2D eigenvalue weighted by Gasteiger charge is 2.04. The van der Waals surface area contributed by atoms with Crippen molar-refractivity contribution in [2.24, 2.45) is 0 Å². The minimum absolute atomic E-state index is 1.19. The van der Waals surface area contributed by atoms with E-state index in [1.165, 1.54) is 56.3 Å². The molecule has 0 N–H and O–H groups in total. The third kappa shape index (κ3) is 3.92. The Morgan fingerprint density at radius 2 is 1.76 bits per heavy atom. The average molecular weight is 229 g/mol.